The van der Waals surface area contributed by atoms with Gasteiger partial charge in [-0.1, -0.05) is 24.5 Å². The number of carbonyl (C=O) groups excluding carboxylic acids is 1. The van der Waals surface area contributed by atoms with Crippen molar-refractivity contribution in [3.05, 3.63) is 29.3 Å². The van der Waals surface area contributed by atoms with Gasteiger partial charge in [-0.25, -0.2) is 0 Å². The predicted molar refractivity (Wildman–Crippen MR) is 76.8 cm³/mol. The van der Waals surface area contributed by atoms with Crippen LogP contribution in [0.4, 0.5) is 0 Å². The molecule has 0 spiro atoms. The first-order valence-electron chi connectivity index (χ1n) is 6.80. The minimum atomic E-state index is -0.226. The Bertz CT molecular complexity index is 461. The topological polar surface area (TPSA) is 49.3 Å². The molecule has 104 valence electrons. The first kappa shape index (κ1) is 14.2. The van der Waals surface area contributed by atoms with Crippen LogP contribution < -0.4 is 5.32 Å². The van der Waals surface area contributed by atoms with Crippen LogP contribution in [0.25, 0.3) is 0 Å². The average molecular weight is 282 g/mol. The van der Waals surface area contributed by atoms with Gasteiger partial charge in [-0.05, 0) is 37.8 Å². The zero-order valence-corrected chi connectivity index (χ0v) is 11.9. The fraction of sp³-hybridized carbons (Fsp3) is 0.533. The van der Waals surface area contributed by atoms with Crippen LogP contribution in [0.1, 0.15) is 41.6 Å². The van der Waals surface area contributed by atoms with Crippen molar-refractivity contribution >= 4 is 17.5 Å². The molecule has 0 radical (unpaired) electrons. The lowest BCUT2D eigenvalue weighted by Gasteiger charge is -2.27. The minimum absolute atomic E-state index is 0.0224. The van der Waals surface area contributed by atoms with E-state index in [2.05, 4.69) is 5.32 Å². The molecule has 1 aliphatic carbocycles. The quantitative estimate of drug-likeness (QED) is 0.836. The van der Waals surface area contributed by atoms with Gasteiger partial charge >= 0.3 is 0 Å². The third-order valence-corrected chi connectivity index (χ3v) is 4.31. The molecule has 2 unspecified atom stereocenters. The monoisotopic (exact) mass is 281 g/mol. The van der Waals surface area contributed by atoms with E-state index in [9.17, 15) is 9.90 Å². The van der Waals surface area contributed by atoms with Gasteiger partial charge in [-0.15, -0.1) is 11.6 Å². The lowest BCUT2D eigenvalue weighted by molar-refractivity contribution is 0.0941. The summed E-state index contributed by atoms with van der Waals surface area (Å²) in [5.41, 5.74) is 1.29. The molecule has 2 N–H and O–H groups in total. The Morgan fingerprint density at radius 2 is 2.16 bits per heavy atom. The van der Waals surface area contributed by atoms with Crippen molar-refractivity contribution in [1.29, 1.82) is 0 Å². The highest BCUT2D eigenvalue weighted by atomic mass is 35.5. The molecule has 0 bridgehead atoms. The maximum absolute atomic E-state index is 12.1. The molecule has 1 aliphatic rings. The van der Waals surface area contributed by atoms with Crippen molar-refractivity contribution in [2.45, 2.75) is 38.0 Å². The second-order valence-electron chi connectivity index (χ2n) is 5.29. The van der Waals surface area contributed by atoms with Crippen molar-refractivity contribution < 1.29 is 9.90 Å². The van der Waals surface area contributed by atoms with Crippen molar-refractivity contribution in [3.63, 3.8) is 0 Å². The summed E-state index contributed by atoms with van der Waals surface area (Å²) in [6.45, 7) is 2.48. The first-order chi connectivity index (χ1) is 9.08. The second-order valence-corrected chi connectivity index (χ2v) is 5.85. The van der Waals surface area contributed by atoms with Crippen LogP contribution in [0.3, 0.4) is 0 Å². The third kappa shape index (κ3) is 3.63. The van der Waals surface area contributed by atoms with Crippen LogP contribution in [0, 0.1) is 12.8 Å². The fourth-order valence-corrected chi connectivity index (χ4v) is 2.91. The number of nitrogens with one attached hydrogen (secondary N) is 1. The number of benzene rings is 1. The van der Waals surface area contributed by atoms with Gasteiger partial charge in [0.1, 0.15) is 5.75 Å². The summed E-state index contributed by atoms with van der Waals surface area (Å²) in [4.78, 5) is 12.1. The summed E-state index contributed by atoms with van der Waals surface area (Å²) in [5.74, 6) is 0.135. The smallest absolute Gasteiger partial charge is 0.255 e. The highest BCUT2D eigenvalue weighted by Gasteiger charge is 2.23. The molecular weight excluding hydrogens is 262 g/mol. The van der Waals surface area contributed by atoms with E-state index in [1.54, 1.807) is 18.2 Å². The summed E-state index contributed by atoms with van der Waals surface area (Å²) in [7, 11) is 0. The normalized spacial score (nSPS) is 23.1. The Hall–Kier alpha value is -1.22. The molecule has 3 nitrogen and oxygen atoms in total. The van der Waals surface area contributed by atoms with Gasteiger partial charge in [0.25, 0.3) is 5.91 Å². The number of halogens is 1. The average Bonchev–Trinajstić information content (AvgIpc) is 2.40. The zero-order valence-electron chi connectivity index (χ0n) is 11.2. The van der Waals surface area contributed by atoms with Gasteiger partial charge in [0.05, 0.1) is 5.56 Å². The van der Waals surface area contributed by atoms with Gasteiger partial charge in [0, 0.05) is 11.9 Å². The van der Waals surface area contributed by atoms with Gasteiger partial charge in [0.2, 0.25) is 0 Å². The molecule has 19 heavy (non-hydrogen) atoms. The highest BCUT2D eigenvalue weighted by Crippen LogP contribution is 2.28. The summed E-state index contributed by atoms with van der Waals surface area (Å²) >= 11 is 6.27. The number of alkyl halides is 1. The largest absolute Gasteiger partial charge is 0.507 e. The first-order valence-corrected chi connectivity index (χ1v) is 7.23. The Kier molecular flexibility index (Phi) is 4.70. The lowest BCUT2D eigenvalue weighted by atomic mass is 9.88. The van der Waals surface area contributed by atoms with E-state index in [0.29, 0.717) is 18.0 Å². The van der Waals surface area contributed by atoms with Crippen LogP contribution in [-0.4, -0.2) is 22.9 Å². The van der Waals surface area contributed by atoms with E-state index in [0.717, 1.165) is 18.4 Å². The SMILES string of the molecule is Cc1ccc(O)c(C(=O)NCC2CCCCC2Cl)c1. The van der Waals surface area contributed by atoms with Crippen LogP contribution in [0.2, 0.25) is 0 Å². The van der Waals surface area contributed by atoms with Gasteiger partial charge in [-0.2, -0.15) is 0 Å². The number of phenols is 1. The number of hydrogen-bond donors (Lipinski definition) is 2. The van der Waals surface area contributed by atoms with E-state index in [4.69, 9.17) is 11.6 Å². The lowest BCUT2D eigenvalue weighted by Crippen LogP contribution is -2.34. The number of phenolic OH excluding ortho intramolecular Hbond substituents is 1. The highest BCUT2D eigenvalue weighted by molar-refractivity contribution is 6.20. The Morgan fingerprint density at radius 3 is 2.89 bits per heavy atom. The molecule has 0 aliphatic heterocycles. The second kappa shape index (κ2) is 6.29. The molecule has 2 atom stereocenters. The van der Waals surface area contributed by atoms with Gasteiger partial charge < -0.3 is 10.4 Å². The van der Waals surface area contributed by atoms with Gasteiger partial charge in [-0.3, -0.25) is 4.79 Å². The standard InChI is InChI=1S/C15H20ClNO2/c1-10-6-7-14(18)12(8-10)15(19)17-9-11-4-2-3-5-13(11)16/h6-8,11,13,18H,2-5,9H2,1H3,(H,17,19). The van der Waals surface area contributed by atoms with Crippen molar-refractivity contribution in [2.24, 2.45) is 5.92 Å². The molecule has 1 amide bonds. The minimum Gasteiger partial charge on any atom is -0.507 e. The van der Waals surface area contributed by atoms with Crippen LogP contribution >= 0.6 is 11.6 Å². The number of aryl methyl sites for hydroxylation is 1. The molecule has 2 rings (SSSR count). The fourth-order valence-electron chi connectivity index (χ4n) is 2.54. The Morgan fingerprint density at radius 1 is 1.42 bits per heavy atom. The molecule has 0 aromatic heterocycles. The van der Waals surface area contributed by atoms with E-state index < -0.39 is 0 Å². The number of rotatable bonds is 3. The summed E-state index contributed by atoms with van der Waals surface area (Å²) in [6, 6.07) is 5.03. The van der Waals surface area contributed by atoms with Crippen molar-refractivity contribution in [1.82, 2.24) is 5.32 Å². The number of carbonyl (C=O) groups is 1. The zero-order chi connectivity index (χ0) is 13.8. The molecule has 1 aromatic carbocycles. The van der Waals surface area contributed by atoms with E-state index >= 15 is 0 Å². The predicted octanol–water partition coefficient (Wildman–Crippen LogP) is 3.23. The maximum atomic E-state index is 12.1. The Labute approximate surface area is 119 Å². The molecule has 0 saturated heterocycles. The molecule has 4 heteroatoms. The number of aromatic hydroxyl groups is 1. The summed E-state index contributed by atoms with van der Waals surface area (Å²) < 4.78 is 0. The van der Waals surface area contributed by atoms with E-state index in [1.165, 1.54) is 12.8 Å². The van der Waals surface area contributed by atoms with Crippen LogP contribution in [-0.2, 0) is 0 Å². The van der Waals surface area contributed by atoms with Crippen molar-refractivity contribution in [3.8, 4) is 5.75 Å². The molecule has 0 heterocycles. The third-order valence-electron chi connectivity index (χ3n) is 3.74. The summed E-state index contributed by atoms with van der Waals surface area (Å²) in [6.07, 6.45) is 4.45. The number of hydrogen-bond acceptors (Lipinski definition) is 2. The molecule has 1 aromatic rings. The molecule has 1 fully saturated rings. The number of amides is 1. The van der Waals surface area contributed by atoms with Crippen LogP contribution in [0.15, 0.2) is 18.2 Å². The van der Waals surface area contributed by atoms with E-state index in [1.807, 2.05) is 6.92 Å². The summed E-state index contributed by atoms with van der Waals surface area (Å²) in [5, 5.41) is 12.7. The van der Waals surface area contributed by atoms with Crippen molar-refractivity contribution in [2.75, 3.05) is 6.54 Å². The van der Waals surface area contributed by atoms with Crippen LogP contribution in [0.5, 0.6) is 5.75 Å². The van der Waals surface area contributed by atoms with Gasteiger partial charge in [0.15, 0.2) is 0 Å². The molecular formula is C15H20ClNO2. The Balaban J connectivity index is 1.95. The molecule has 1 saturated carbocycles. The van der Waals surface area contributed by atoms with E-state index in [-0.39, 0.29) is 17.0 Å². The maximum Gasteiger partial charge on any atom is 0.255 e.